The molecule has 0 spiro atoms. The van der Waals surface area contributed by atoms with E-state index in [1.807, 2.05) is 0 Å². The molecule has 2 heteroatoms. The van der Waals surface area contributed by atoms with Crippen LogP contribution in [0.15, 0.2) is 0 Å². The predicted molar refractivity (Wildman–Crippen MR) is 80.1 cm³/mol. The first-order valence-corrected chi connectivity index (χ1v) is 7.81. The molecule has 0 aromatic carbocycles. The number of fused-ring (bicyclic) bond motifs is 2. The van der Waals surface area contributed by atoms with Crippen molar-refractivity contribution in [1.29, 1.82) is 0 Å². The van der Waals surface area contributed by atoms with E-state index in [-0.39, 0.29) is 18.9 Å². The SMILES string of the molecule is CCCCCCB1CCC2CCC(C)C1C2.[Li]. The van der Waals surface area contributed by atoms with Gasteiger partial charge in [-0.25, -0.2) is 0 Å². The molecule has 93 valence electrons. The van der Waals surface area contributed by atoms with E-state index in [1.54, 1.807) is 31.9 Å². The topological polar surface area (TPSA) is 0 Å². The van der Waals surface area contributed by atoms with Gasteiger partial charge < -0.3 is 0 Å². The maximum Gasteiger partial charge on any atom is 0.143 e. The third-order valence-corrected chi connectivity index (χ3v) is 5.35. The fourth-order valence-electron chi connectivity index (χ4n) is 4.22. The Hall–Kier alpha value is 0.662. The van der Waals surface area contributed by atoms with E-state index in [1.165, 1.54) is 32.1 Å². The normalized spacial score (nSPS) is 32.1. The monoisotopic (exact) mass is 227 g/mol. The molecular weight excluding hydrogens is 198 g/mol. The molecule has 0 amide bonds. The van der Waals surface area contributed by atoms with E-state index in [2.05, 4.69) is 13.8 Å². The molecule has 2 rings (SSSR count). The summed E-state index contributed by atoms with van der Waals surface area (Å²) in [6, 6.07) is 0. The molecule has 2 aliphatic rings. The number of hydrogen-bond donors (Lipinski definition) is 0. The van der Waals surface area contributed by atoms with Crippen molar-refractivity contribution < 1.29 is 0 Å². The molecule has 1 saturated heterocycles. The number of rotatable bonds is 5. The van der Waals surface area contributed by atoms with Gasteiger partial charge in [0.2, 0.25) is 0 Å². The second-order valence-corrected chi connectivity index (χ2v) is 6.51. The van der Waals surface area contributed by atoms with Crippen molar-refractivity contribution in [3.63, 3.8) is 0 Å². The first-order valence-electron chi connectivity index (χ1n) is 7.81. The molecule has 0 aromatic rings. The zero-order valence-corrected chi connectivity index (χ0v) is 12.4. The maximum absolute atomic E-state index is 2.52. The molecule has 1 aliphatic carbocycles. The van der Waals surface area contributed by atoms with Gasteiger partial charge in [0.25, 0.3) is 0 Å². The molecule has 1 radical (unpaired) electrons. The summed E-state index contributed by atoms with van der Waals surface area (Å²) in [4.78, 5) is 0. The van der Waals surface area contributed by atoms with Crippen molar-refractivity contribution in [2.45, 2.75) is 83.7 Å². The van der Waals surface area contributed by atoms with Crippen molar-refractivity contribution >= 4 is 25.6 Å². The Morgan fingerprint density at radius 1 is 1.06 bits per heavy atom. The van der Waals surface area contributed by atoms with Gasteiger partial charge in [-0.1, -0.05) is 83.7 Å². The molecular formula is C15H29BLi. The molecule has 2 bridgehead atoms. The molecule has 1 aliphatic heterocycles. The average Bonchev–Trinajstić information content (AvgIpc) is 2.32. The second kappa shape index (κ2) is 7.96. The van der Waals surface area contributed by atoms with E-state index < -0.39 is 0 Å². The van der Waals surface area contributed by atoms with Crippen LogP contribution >= 0.6 is 0 Å². The summed E-state index contributed by atoms with van der Waals surface area (Å²) in [6.07, 6.45) is 15.1. The second-order valence-electron chi connectivity index (χ2n) is 6.51. The van der Waals surface area contributed by atoms with Crippen LogP contribution in [0.5, 0.6) is 0 Å². The van der Waals surface area contributed by atoms with Crippen LogP contribution in [-0.2, 0) is 0 Å². The quantitative estimate of drug-likeness (QED) is 0.463. The summed E-state index contributed by atoms with van der Waals surface area (Å²) in [7, 11) is 0. The van der Waals surface area contributed by atoms with Crippen LogP contribution in [0.2, 0.25) is 18.5 Å². The maximum atomic E-state index is 2.52. The minimum Gasteiger partial charge on any atom is -0.0739 e. The van der Waals surface area contributed by atoms with Crippen LogP contribution in [0.3, 0.4) is 0 Å². The van der Waals surface area contributed by atoms with Gasteiger partial charge in [0, 0.05) is 18.9 Å². The van der Waals surface area contributed by atoms with Gasteiger partial charge >= 0.3 is 0 Å². The van der Waals surface area contributed by atoms with E-state index in [0.29, 0.717) is 0 Å². The number of unbranched alkanes of at least 4 members (excludes halogenated alkanes) is 3. The summed E-state index contributed by atoms with van der Waals surface area (Å²) in [5, 5.41) is 0. The zero-order chi connectivity index (χ0) is 11.4. The van der Waals surface area contributed by atoms with E-state index >= 15 is 0 Å². The van der Waals surface area contributed by atoms with Crippen molar-refractivity contribution in [2.24, 2.45) is 11.8 Å². The van der Waals surface area contributed by atoms with Gasteiger partial charge in [0.05, 0.1) is 0 Å². The fourth-order valence-corrected chi connectivity index (χ4v) is 4.22. The van der Waals surface area contributed by atoms with Crippen LogP contribution in [-0.4, -0.2) is 25.6 Å². The Morgan fingerprint density at radius 2 is 1.88 bits per heavy atom. The Kier molecular flexibility index (Phi) is 7.36. The van der Waals surface area contributed by atoms with Crippen molar-refractivity contribution in [2.75, 3.05) is 0 Å². The molecule has 1 heterocycles. The van der Waals surface area contributed by atoms with Gasteiger partial charge in [-0.2, -0.15) is 0 Å². The minimum atomic E-state index is 0. The van der Waals surface area contributed by atoms with Crippen LogP contribution in [0.4, 0.5) is 0 Å². The largest absolute Gasteiger partial charge is 0.143 e. The number of hydrogen-bond acceptors (Lipinski definition) is 0. The van der Waals surface area contributed by atoms with Gasteiger partial charge in [-0.05, 0) is 11.8 Å². The third kappa shape index (κ3) is 4.36. The van der Waals surface area contributed by atoms with Crippen molar-refractivity contribution in [3.05, 3.63) is 0 Å². The average molecular weight is 227 g/mol. The third-order valence-electron chi connectivity index (χ3n) is 5.35. The van der Waals surface area contributed by atoms with Gasteiger partial charge in [-0.15, -0.1) is 0 Å². The summed E-state index contributed by atoms with van der Waals surface area (Å²) < 4.78 is 0. The molecule has 0 nitrogen and oxygen atoms in total. The standard InChI is InChI=1S/C15H29B.Li/c1-3-4-5-6-10-16-11-9-14-8-7-13(2)15(16)12-14;/h13-15H,3-12H2,1-2H3;. The minimum absolute atomic E-state index is 0. The van der Waals surface area contributed by atoms with Crippen molar-refractivity contribution in [3.8, 4) is 0 Å². The van der Waals surface area contributed by atoms with Crippen LogP contribution in [0.25, 0.3) is 0 Å². The van der Waals surface area contributed by atoms with Gasteiger partial charge in [0.15, 0.2) is 0 Å². The summed E-state index contributed by atoms with van der Waals surface area (Å²) >= 11 is 0. The van der Waals surface area contributed by atoms with E-state index in [9.17, 15) is 0 Å². The molecule has 17 heavy (non-hydrogen) atoms. The van der Waals surface area contributed by atoms with Crippen LogP contribution < -0.4 is 0 Å². The van der Waals surface area contributed by atoms with Gasteiger partial charge in [0.1, 0.15) is 6.71 Å². The van der Waals surface area contributed by atoms with E-state index in [0.717, 1.165) is 24.4 Å². The Bertz CT molecular complexity index is 207. The molecule has 0 aromatic heterocycles. The summed E-state index contributed by atoms with van der Waals surface area (Å²) in [6.45, 7) is 5.93. The first-order chi connectivity index (χ1) is 7.81. The molecule has 1 saturated carbocycles. The first kappa shape index (κ1) is 15.7. The van der Waals surface area contributed by atoms with E-state index in [4.69, 9.17) is 0 Å². The Balaban J connectivity index is 0.00000144. The fraction of sp³-hybridized carbons (Fsp3) is 1.00. The van der Waals surface area contributed by atoms with Crippen LogP contribution in [0.1, 0.15) is 65.2 Å². The van der Waals surface area contributed by atoms with Gasteiger partial charge in [-0.3, -0.25) is 0 Å². The smallest absolute Gasteiger partial charge is 0.0739 e. The molecule has 3 unspecified atom stereocenters. The Morgan fingerprint density at radius 3 is 2.65 bits per heavy atom. The summed E-state index contributed by atoms with van der Waals surface area (Å²) in [5.41, 5.74) is 0. The van der Waals surface area contributed by atoms with Crippen LogP contribution in [0, 0.1) is 11.8 Å². The molecule has 3 atom stereocenters. The summed E-state index contributed by atoms with van der Waals surface area (Å²) in [5.74, 6) is 3.26. The zero-order valence-electron chi connectivity index (χ0n) is 12.4. The molecule has 2 fully saturated rings. The van der Waals surface area contributed by atoms with Crippen molar-refractivity contribution in [1.82, 2.24) is 0 Å². The molecule has 0 N–H and O–H groups in total. The predicted octanol–water partition coefficient (Wildman–Crippen LogP) is 4.89. The Labute approximate surface area is 121 Å².